The Morgan fingerprint density at radius 1 is 0.946 bits per heavy atom. The van der Waals surface area contributed by atoms with Crippen LogP contribution in [0.4, 0.5) is 15.4 Å². The number of aliphatic imine (C=N–C) groups is 1. The summed E-state index contributed by atoms with van der Waals surface area (Å²) in [6.45, 7) is 5.21. The molecule has 37 heavy (non-hydrogen) atoms. The molecular formula is C28H29N3O6. The van der Waals surface area contributed by atoms with Gasteiger partial charge in [-0.3, -0.25) is 5.32 Å². The van der Waals surface area contributed by atoms with Crippen molar-refractivity contribution in [3.05, 3.63) is 84.1 Å². The lowest BCUT2D eigenvalue weighted by atomic mass is 10.0. The molecule has 1 heterocycles. The van der Waals surface area contributed by atoms with Crippen LogP contribution in [0.25, 0.3) is 11.1 Å². The summed E-state index contributed by atoms with van der Waals surface area (Å²) in [5.41, 5.74) is 1.87. The van der Waals surface area contributed by atoms with Crippen molar-refractivity contribution in [2.75, 3.05) is 12.4 Å². The number of carbonyl (C=O) groups excluding carboxylic acids is 3. The molecule has 192 valence electrons. The standard InChI is InChI=1S/C28H29N3O6/c1-28(2,3)37-27(34)31-24-21(15-22(17-29-24)20-13-9-6-10-14-20)16-23(25(32)35-4)30-26(33)36-18-19-11-7-5-8-12-19/h5-15,17H,16,18H2,1-4H3,(H,29,31,34). The number of nitrogens with one attached hydrogen (secondary N) is 1. The van der Waals surface area contributed by atoms with Gasteiger partial charge in [0, 0.05) is 23.7 Å². The summed E-state index contributed by atoms with van der Waals surface area (Å²) in [4.78, 5) is 45.6. The van der Waals surface area contributed by atoms with Crippen LogP contribution in [0.3, 0.4) is 0 Å². The van der Waals surface area contributed by atoms with E-state index in [1.54, 1.807) is 45.2 Å². The molecule has 0 bridgehead atoms. The number of carbonyl (C=O) groups is 3. The maximum atomic E-state index is 12.5. The fraction of sp³-hybridized carbons (Fsp3) is 0.250. The minimum Gasteiger partial charge on any atom is -0.465 e. The van der Waals surface area contributed by atoms with E-state index in [1.165, 1.54) is 7.11 Å². The van der Waals surface area contributed by atoms with Crippen LogP contribution in [0, 0.1) is 0 Å². The van der Waals surface area contributed by atoms with Gasteiger partial charge in [-0.2, -0.15) is 4.99 Å². The topological polar surface area (TPSA) is 116 Å². The number of pyridine rings is 1. The van der Waals surface area contributed by atoms with Crippen LogP contribution >= 0.6 is 0 Å². The van der Waals surface area contributed by atoms with E-state index in [2.05, 4.69) is 15.3 Å². The number of rotatable bonds is 7. The molecule has 0 saturated heterocycles. The summed E-state index contributed by atoms with van der Waals surface area (Å²) in [6, 6.07) is 20.3. The van der Waals surface area contributed by atoms with E-state index in [9.17, 15) is 14.4 Å². The first-order valence-corrected chi connectivity index (χ1v) is 11.6. The fourth-order valence-corrected chi connectivity index (χ4v) is 3.26. The van der Waals surface area contributed by atoms with E-state index in [0.29, 0.717) is 5.56 Å². The maximum Gasteiger partial charge on any atom is 0.434 e. The summed E-state index contributed by atoms with van der Waals surface area (Å²) in [6.07, 6.45) is -0.230. The molecule has 3 aromatic rings. The van der Waals surface area contributed by atoms with Crippen molar-refractivity contribution in [3.63, 3.8) is 0 Å². The van der Waals surface area contributed by atoms with E-state index >= 15 is 0 Å². The SMILES string of the molecule is COC(=O)C(Cc1cc(-c2ccccc2)cnc1NC(=O)OC(C)(C)C)=NC(=O)OCc1ccccc1. The van der Waals surface area contributed by atoms with Gasteiger partial charge >= 0.3 is 18.2 Å². The average molecular weight is 504 g/mol. The number of aromatic nitrogens is 1. The van der Waals surface area contributed by atoms with Crippen LogP contribution < -0.4 is 5.32 Å². The Labute approximate surface area is 215 Å². The zero-order valence-electron chi connectivity index (χ0n) is 21.2. The second-order valence-electron chi connectivity index (χ2n) is 8.99. The zero-order chi connectivity index (χ0) is 26.8. The highest BCUT2D eigenvalue weighted by Gasteiger charge is 2.22. The number of methoxy groups -OCH3 is 1. The number of esters is 1. The van der Waals surface area contributed by atoms with Crippen molar-refractivity contribution in [2.24, 2.45) is 4.99 Å². The molecule has 2 aromatic carbocycles. The average Bonchev–Trinajstić information content (AvgIpc) is 2.87. The Morgan fingerprint density at radius 2 is 1.59 bits per heavy atom. The Morgan fingerprint density at radius 3 is 2.22 bits per heavy atom. The van der Waals surface area contributed by atoms with Crippen LogP contribution in [-0.2, 0) is 32.0 Å². The molecule has 0 unspecified atom stereocenters. The summed E-state index contributed by atoms with van der Waals surface area (Å²) < 4.78 is 15.4. The minimum atomic E-state index is -0.946. The monoisotopic (exact) mass is 503 g/mol. The molecule has 0 saturated carbocycles. The summed E-state index contributed by atoms with van der Waals surface area (Å²) in [5.74, 6) is -0.659. The van der Waals surface area contributed by atoms with Crippen molar-refractivity contribution in [3.8, 4) is 11.1 Å². The molecule has 3 rings (SSSR count). The molecule has 0 aliphatic carbocycles. The number of benzene rings is 2. The summed E-state index contributed by atoms with van der Waals surface area (Å²) >= 11 is 0. The van der Waals surface area contributed by atoms with Crippen molar-refractivity contribution >= 4 is 29.7 Å². The van der Waals surface area contributed by atoms with E-state index < -0.39 is 23.8 Å². The minimum absolute atomic E-state index is 0.00583. The highest BCUT2D eigenvalue weighted by molar-refractivity contribution is 6.38. The summed E-state index contributed by atoms with van der Waals surface area (Å²) in [5, 5.41) is 2.61. The molecule has 0 aliphatic rings. The second kappa shape index (κ2) is 12.4. The van der Waals surface area contributed by atoms with Crippen molar-refractivity contribution in [1.29, 1.82) is 0 Å². The first-order chi connectivity index (χ1) is 17.6. The van der Waals surface area contributed by atoms with E-state index in [1.807, 2.05) is 48.5 Å². The molecular weight excluding hydrogens is 474 g/mol. The molecule has 2 amide bonds. The van der Waals surface area contributed by atoms with Gasteiger partial charge in [0.25, 0.3) is 0 Å². The van der Waals surface area contributed by atoms with Crippen LogP contribution in [0.2, 0.25) is 0 Å². The molecule has 9 heteroatoms. The van der Waals surface area contributed by atoms with Crippen molar-refractivity contribution < 1.29 is 28.6 Å². The maximum absolute atomic E-state index is 12.5. The van der Waals surface area contributed by atoms with E-state index in [4.69, 9.17) is 14.2 Å². The third-order valence-electron chi connectivity index (χ3n) is 4.90. The van der Waals surface area contributed by atoms with E-state index in [0.717, 1.165) is 16.7 Å². The van der Waals surface area contributed by atoms with Crippen molar-refractivity contribution in [2.45, 2.75) is 39.4 Å². The molecule has 1 aromatic heterocycles. The Hall–Kier alpha value is -4.53. The molecule has 0 fully saturated rings. The predicted octanol–water partition coefficient (Wildman–Crippen LogP) is 5.59. The zero-order valence-corrected chi connectivity index (χ0v) is 21.2. The number of anilines is 1. The predicted molar refractivity (Wildman–Crippen MR) is 139 cm³/mol. The van der Waals surface area contributed by atoms with Gasteiger partial charge in [0.15, 0.2) is 0 Å². The number of nitrogens with zero attached hydrogens (tertiary/aromatic N) is 2. The molecule has 0 radical (unpaired) electrons. The largest absolute Gasteiger partial charge is 0.465 e. The van der Waals surface area contributed by atoms with Crippen LogP contribution in [0.5, 0.6) is 0 Å². The first kappa shape index (κ1) is 27.1. The van der Waals surface area contributed by atoms with E-state index in [-0.39, 0.29) is 24.6 Å². The van der Waals surface area contributed by atoms with Gasteiger partial charge in [-0.1, -0.05) is 60.7 Å². The lowest BCUT2D eigenvalue weighted by Gasteiger charge is -2.20. The number of ether oxygens (including phenoxy) is 3. The third kappa shape index (κ3) is 8.57. The number of amides is 2. The lowest BCUT2D eigenvalue weighted by Crippen LogP contribution is -2.28. The van der Waals surface area contributed by atoms with Crippen LogP contribution in [-0.4, -0.2) is 41.6 Å². The van der Waals surface area contributed by atoms with Gasteiger partial charge in [-0.15, -0.1) is 0 Å². The Balaban J connectivity index is 1.91. The highest BCUT2D eigenvalue weighted by atomic mass is 16.6. The first-order valence-electron chi connectivity index (χ1n) is 11.6. The Bertz CT molecular complexity index is 1270. The number of hydrogen-bond donors (Lipinski definition) is 1. The van der Waals surface area contributed by atoms with Gasteiger partial charge in [-0.25, -0.2) is 19.4 Å². The quantitative estimate of drug-likeness (QED) is 0.254. The lowest BCUT2D eigenvalue weighted by molar-refractivity contribution is -0.132. The van der Waals surface area contributed by atoms with Gasteiger partial charge < -0.3 is 14.2 Å². The highest BCUT2D eigenvalue weighted by Crippen LogP contribution is 2.24. The molecule has 0 spiro atoms. The normalized spacial score (nSPS) is 11.4. The van der Waals surface area contributed by atoms with Gasteiger partial charge in [0.1, 0.15) is 23.7 Å². The Kier molecular flexibility index (Phi) is 9.10. The molecule has 0 atom stereocenters. The third-order valence-corrected chi connectivity index (χ3v) is 4.90. The van der Waals surface area contributed by atoms with Gasteiger partial charge in [-0.05, 0) is 38.0 Å². The summed E-state index contributed by atoms with van der Waals surface area (Å²) in [7, 11) is 1.19. The molecule has 1 N–H and O–H groups in total. The van der Waals surface area contributed by atoms with Gasteiger partial charge in [0.05, 0.1) is 7.11 Å². The molecule has 0 aliphatic heterocycles. The molecule has 9 nitrogen and oxygen atoms in total. The fourth-order valence-electron chi connectivity index (χ4n) is 3.26. The second-order valence-corrected chi connectivity index (χ2v) is 8.99. The van der Waals surface area contributed by atoms with Crippen LogP contribution in [0.1, 0.15) is 31.9 Å². The van der Waals surface area contributed by atoms with Crippen LogP contribution in [0.15, 0.2) is 77.9 Å². The smallest absolute Gasteiger partial charge is 0.434 e. The van der Waals surface area contributed by atoms with Gasteiger partial charge in [0.2, 0.25) is 0 Å². The number of hydrogen-bond acceptors (Lipinski definition) is 7. The van der Waals surface area contributed by atoms with Crippen molar-refractivity contribution in [1.82, 2.24) is 4.98 Å².